The van der Waals surface area contributed by atoms with Gasteiger partial charge in [0.2, 0.25) is 0 Å². The Kier molecular flexibility index (Phi) is 4.03. The maximum atomic E-state index is 11.0. The maximum absolute atomic E-state index is 11.0. The minimum Gasteiger partial charge on any atom is -0.481 e. The van der Waals surface area contributed by atoms with Crippen LogP contribution in [0.25, 0.3) is 10.2 Å². The third kappa shape index (κ3) is 2.84. The van der Waals surface area contributed by atoms with Gasteiger partial charge < -0.3 is 14.7 Å². The van der Waals surface area contributed by atoms with Crippen molar-refractivity contribution >= 4 is 33.3 Å². The summed E-state index contributed by atoms with van der Waals surface area (Å²) in [6.07, 6.45) is 2.57. The van der Waals surface area contributed by atoms with E-state index in [9.17, 15) is 4.79 Å². The molecule has 1 saturated heterocycles. The highest BCUT2D eigenvalue weighted by atomic mass is 32.1. The molecule has 112 valence electrons. The first-order valence-corrected chi connectivity index (χ1v) is 7.80. The second kappa shape index (κ2) is 5.95. The number of aliphatic carboxylic acids is 1. The summed E-state index contributed by atoms with van der Waals surface area (Å²) in [5, 5.41) is 10.1. The molecule has 7 heteroatoms. The second-order valence-electron chi connectivity index (χ2n) is 5.00. The fourth-order valence-corrected chi connectivity index (χ4v) is 3.53. The van der Waals surface area contributed by atoms with Gasteiger partial charge in [0.1, 0.15) is 17.0 Å². The Balaban J connectivity index is 2.00. The van der Waals surface area contributed by atoms with E-state index in [0.717, 1.165) is 22.5 Å². The van der Waals surface area contributed by atoms with Crippen LogP contribution < -0.4 is 4.90 Å². The maximum Gasteiger partial charge on any atom is 0.305 e. The first-order chi connectivity index (χ1) is 10.2. The van der Waals surface area contributed by atoms with Crippen LogP contribution in [0, 0.1) is 0 Å². The van der Waals surface area contributed by atoms with E-state index in [1.54, 1.807) is 17.7 Å². The third-order valence-corrected chi connectivity index (χ3v) is 4.81. The molecule has 0 spiro atoms. The lowest BCUT2D eigenvalue weighted by Crippen LogP contribution is -2.47. The lowest BCUT2D eigenvalue weighted by Gasteiger charge is -2.35. The van der Waals surface area contributed by atoms with Crippen LogP contribution in [0.3, 0.4) is 0 Å². The quantitative estimate of drug-likeness (QED) is 0.930. The number of anilines is 1. The Labute approximate surface area is 126 Å². The van der Waals surface area contributed by atoms with E-state index in [4.69, 9.17) is 9.84 Å². The zero-order valence-electron chi connectivity index (χ0n) is 11.8. The van der Waals surface area contributed by atoms with Crippen molar-refractivity contribution < 1.29 is 14.6 Å². The molecule has 0 radical (unpaired) electrons. The van der Waals surface area contributed by atoms with Crippen LogP contribution in [0.15, 0.2) is 12.4 Å². The van der Waals surface area contributed by atoms with E-state index in [1.807, 2.05) is 4.90 Å². The van der Waals surface area contributed by atoms with Gasteiger partial charge in [-0.1, -0.05) is 6.92 Å². The van der Waals surface area contributed by atoms with Gasteiger partial charge in [-0.3, -0.25) is 4.79 Å². The largest absolute Gasteiger partial charge is 0.481 e. The molecule has 0 amide bonds. The number of carboxylic acids is 1. The summed E-state index contributed by atoms with van der Waals surface area (Å²) in [5.41, 5.74) is 0. The molecule has 1 aliphatic rings. The molecule has 0 aromatic carbocycles. The van der Waals surface area contributed by atoms with E-state index < -0.39 is 5.97 Å². The summed E-state index contributed by atoms with van der Waals surface area (Å²) in [6.45, 7) is 3.77. The third-order valence-electron chi connectivity index (χ3n) is 3.62. The van der Waals surface area contributed by atoms with E-state index in [2.05, 4.69) is 23.0 Å². The Hall–Kier alpha value is -1.73. The molecule has 0 saturated carbocycles. The number of thiophene rings is 1. The number of aryl methyl sites for hydroxylation is 1. The van der Waals surface area contributed by atoms with Crippen LogP contribution in [0.2, 0.25) is 0 Å². The number of carbonyl (C=O) groups is 1. The van der Waals surface area contributed by atoms with E-state index in [1.165, 1.54) is 4.88 Å². The van der Waals surface area contributed by atoms with Gasteiger partial charge in [0.25, 0.3) is 0 Å². The second-order valence-corrected chi connectivity index (χ2v) is 6.12. The van der Waals surface area contributed by atoms with Crippen molar-refractivity contribution in [1.82, 2.24) is 9.97 Å². The zero-order valence-corrected chi connectivity index (χ0v) is 12.6. The normalized spacial score (nSPS) is 19.1. The molecule has 1 N–H and O–H groups in total. The van der Waals surface area contributed by atoms with Crippen LogP contribution in [0.5, 0.6) is 0 Å². The summed E-state index contributed by atoms with van der Waals surface area (Å²) in [6, 6.07) is 1.93. The first-order valence-electron chi connectivity index (χ1n) is 6.98. The summed E-state index contributed by atoms with van der Waals surface area (Å²) >= 11 is 1.67. The Morgan fingerprint density at radius 3 is 3.19 bits per heavy atom. The van der Waals surface area contributed by atoms with Gasteiger partial charge in [-0.15, -0.1) is 11.3 Å². The zero-order chi connectivity index (χ0) is 14.8. The average Bonchev–Trinajstić information content (AvgIpc) is 2.90. The number of nitrogens with zero attached hydrogens (tertiary/aromatic N) is 3. The Morgan fingerprint density at radius 1 is 1.57 bits per heavy atom. The molecule has 21 heavy (non-hydrogen) atoms. The van der Waals surface area contributed by atoms with Gasteiger partial charge in [-0.2, -0.15) is 0 Å². The minimum atomic E-state index is -0.819. The molecule has 3 heterocycles. The number of carboxylic acid groups (broad SMARTS) is 1. The van der Waals surface area contributed by atoms with Crippen molar-refractivity contribution in [2.75, 3.05) is 24.7 Å². The molecule has 0 bridgehead atoms. The molecule has 1 fully saturated rings. The fourth-order valence-electron chi connectivity index (χ4n) is 2.60. The SMILES string of the molecule is CCc1cc2c(N3CCOCC3CC(=O)O)ncnc2s1. The van der Waals surface area contributed by atoms with Crippen molar-refractivity contribution in [2.45, 2.75) is 25.8 Å². The standard InChI is InChI=1S/C14H17N3O3S/c1-2-10-6-11-13(15-8-16-14(11)21-10)17-3-4-20-7-9(17)5-12(18)19/h6,8-9H,2-5,7H2,1H3,(H,18,19). The van der Waals surface area contributed by atoms with E-state index in [-0.39, 0.29) is 12.5 Å². The van der Waals surface area contributed by atoms with Gasteiger partial charge in [-0.05, 0) is 12.5 Å². The number of hydrogen-bond donors (Lipinski definition) is 1. The molecule has 1 atom stereocenters. The monoisotopic (exact) mass is 307 g/mol. The summed E-state index contributed by atoms with van der Waals surface area (Å²) in [5.74, 6) is 0.00543. The van der Waals surface area contributed by atoms with Gasteiger partial charge in [0, 0.05) is 11.4 Å². The molecule has 0 aliphatic carbocycles. The molecular formula is C14H17N3O3S. The predicted molar refractivity (Wildman–Crippen MR) is 81.0 cm³/mol. The van der Waals surface area contributed by atoms with Crippen molar-refractivity contribution in [3.63, 3.8) is 0 Å². The van der Waals surface area contributed by atoms with E-state index in [0.29, 0.717) is 19.8 Å². The summed E-state index contributed by atoms with van der Waals surface area (Å²) in [4.78, 5) is 24.0. The molecule has 1 aliphatic heterocycles. The number of morpholine rings is 1. The number of aromatic nitrogens is 2. The highest BCUT2D eigenvalue weighted by Crippen LogP contribution is 2.32. The minimum absolute atomic E-state index is 0.0519. The van der Waals surface area contributed by atoms with Crippen LogP contribution in [-0.4, -0.2) is 46.8 Å². The van der Waals surface area contributed by atoms with Gasteiger partial charge in [0.05, 0.1) is 31.1 Å². The lowest BCUT2D eigenvalue weighted by molar-refractivity contribution is -0.138. The first kappa shape index (κ1) is 14.2. The Morgan fingerprint density at radius 2 is 2.43 bits per heavy atom. The molecule has 2 aromatic rings. The smallest absolute Gasteiger partial charge is 0.305 e. The number of hydrogen-bond acceptors (Lipinski definition) is 6. The highest BCUT2D eigenvalue weighted by Gasteiger charge is 2.28. The summed E-state index contributed by atoms with van der Waals surface area (Å²) in [7, 11) is 0. The fraction of sp³-hybridized carbons (Fsp3) is 0.500. The van der Waals surface area contributed by atoms with Crippen molar-refractivity contribution in [3.05, 3.63) is 17.3 Å². The highest BCUT2D eigenvalue weighted by molar-refractivity contribution is 7.18. The molecule has 6 nitrogen and oxygen atoms in total. The van der Waals surface area contributed by atoms with Crippen molar-refractivity contribution in [2.24, 2.45) is 0 Å². The van der Waals surface area contributed by atoms with Crippen LogP contribution in [0.1, 0.15) is 18.2 Å². The number of fused-ring (bicyclic) bond motifs is 1. The van der Waals surface area contributed by atoms with Crippen molar-refractivity contribution in [1.29, 1.82) is 0 Å². The van der Waals surface area contributed by atoms with E-state index >= 15 is 0 Å². The van der Waals surface area contributed by atoms with Crippen molar-refractivity contribution in [3.8, 4) is 0 Å². The van der Waals surface area contributed by atoms with Crippen LogP contribution >= 0.6 is 11.3 Å². The topological polar surface area (TPSA) is 75.5 Å². The molecule has 1 unspecified atom stereocenters. The van der Waals surface area contributed by atoms with Crippen LogP contribution in [-0.2, 0) is 16.0 Å². The van der Waals surface area contributed by atoms with Crippen LogP contribution in [0.4, 0.5) is 5.82 Å². The number of ether oxygens (including phenoxy) is 1. The lowest BCUT2D eigenvalue weighted by atomic mass is 10.1. The Bertz CT molecular complexity index is 658. The molecular weight excluding hydrogens is 290 g/mol. The predicted octanol–water partition coefficient (Wildman–Crippen LogP) is 1.93. The van der Waals surface area contributed by atoms with Gasteiger partial charge in [0.15, 0.2) is 0 Å². The molecule has 2 aromatic heterocycles. The summed E-state index contributed by atoms with van der Waals surface area (Å²) < 4.78 is 5.43. The number of rotatable bonds is 4. The average molecular weight is 307 g/mol. The molecule has 3 rings (SSSR count). The van der Waals surface area contributed by atoms with Gasteiger partial charge in [-0.25, -0.2) is 9.97 Å². The van der Waals surface area contributed by atoms with Gasteiger partial charge >= 0.3 is 5.97 Å².